The summed E-state index contributed by atoms with van der Waals surface area (Å²) < 4.78 is 5.05. The van der Waals surface area contributed by atoms with E-state index in [0.29, 0.717) is 23.7 Å². The van der Waals surface area contributed by atoms with Gasteiger partial charge < -0.3 is 15.8 Å². The summed E-state index contributed by atoms with van der Waals surface area (Å²) in [6.45, 7) is 5.03. The second-order valence-electron chi connectivity index (χ2n) is 6.55. The number of pyridine rings is 1. The van der Waals surface area contributed by atoms with Gasteiger partial charge in [-0.1, -0.05) is 30.3 Å². The first-order valence-corrected chi connectivity index (χ1v) is 9.11. The van der Waals surface area contributed by atoms with Gasteiger partial charge in [0.1, 0.15) is 5.82 Å². The minimum Gasteiger partial charge on any atom is -0.462 e. The van der Waals surface area contributed by atoms with Crippen molar-refractivity contribution >= 4 is 17.5 Å². The Bertz CT molecular complexity index is 736. The molecule has 1 unspecified atom stereocenters. The molecule has 1 aromatic heterocycles. The van der Waals surface area contributed by atoms with Crippen LogP contribution in [0.25, 0.3) is 0 Å². The van der Waals surface area contributed by atoms with Gasteiger partial charge in [0.05, 0.1) is 17.9 Å². The molecule has 0 saturated carbocycles. The zero-order chi connectivity index (χ0) is 18.4. The second kappa shape index (κ2) is 8.67. The first-order chi connectivity index (χ1) is 12.7. The van der Waals surface area contributed by atoms with Crippen molar-refractivity contribution in [2.75, 3.05) is 30.7 Å². The number of nitrogen functional groups attached to an aromatic ring is 1. The molecule has 3 rings (SSSR count). The van der Waals surface area contributed by atoms with Crippen molar-refractivity contribution in [2.45, 2.75) is 32.4 Å². The van der Waals surface area contributed by atoms with E-state index in [2.05, 4.69) is 39.5 Å². The summed E-state index contributed by atoms with van der Waals surface area (Å²) in [6, 6.07) is 12.3. The maximum absolute atomic E-state index is 12.0. The molecule has 1 aromatic carbocycles. The molecule has 1 aliphatic heterocycles. The number of hydrogen-bond acceptors (Lipinski definition) is 6. The average molecular weight is 354 g/mol. The molecule has 26 heavy (non-hydrogen) atoms. The molecule has 0 amide bonds. The predicted molar refractivity (Wildman–Crippen MR) is 103 cm³/mol. The number of nitrogens with one attached hydrogen (secondary N) is 1. The quantitative estimate of drug-likeness (QED) is 0.777. The molecule has 0 spiro atoms. The van der Waals surface area contributed by atoms with Crippen molar-refractivity contribution in [1.82, 2.24) is 9.88 Å². The standard InChI is InChI=1S/C20H26N4O2/c1-2-26-20(25)17-10-11-22-19(18(17)21)23-16-9-6-12-24(14-16)13-15-7-4-3-5-8-15/h3-5,7-8,10-11,16H,2,6,9,12-14,21H2,1H3,(H,22,23). The highest BCUT2D eigenvalue weighted by Gasteiger charge is 2.22. The molecule has 6 heteroatoms. The van der Waals surface area contributed by atoms with E-state index in [1.807, 2.05) is 6.07 Å². The van der Waals surface area contributed by atoms with E-state index in [4.69, 9.17) is 10.5 Å². The number of nitrogens with two attached hydrogens (primary N) is 1. The van der Waals surface area contributed by atoms with E-state index in [1.54, 1.807) is 19.2 Å². The maximum atomic E-state index is 12.0. The zero-order valence-electron chi connectivity index (χ0n) is 15.1. The van der Waals surface area contributed by atoms with E-state index >= 15 is 0 Å². The molecule has 1 fully saturated rings. The molecule has 0 bridgehead atoms. The monoisotopic (exact) mass is 354 g/mol. The van der Waals surface area contributed by atoms with Crippen LogP contribution < -0.4 is 11.1 Å². The number of carbonyl (C=O) groups is 1. The summed E-state index contributed by atoms with van der Waals surface area (Å²) in [4.78, 5) is 18.8. The van der Waals surface area contributed by atoms with Gasteiger partial charge in [-0.15, -0.1) is 0 Å². The van der Waals surface area contributed by atoms with Crippen LogP contribution in [-0.4, -0.2) is 41.6 Å². The van der Waals surface area contributed by atoms with E-state index in [1.165, 1.54) is 5.56 Å². The molecule has 6 nitrogen and oxygen atoms in total. The van der Waals surface area contributed by atoms with Gasteiger partial charge in [0.2, 0.25) is 0 Å². The van der Waals surface area contributed by atoms with Crippen molar-refractivity contribution < 1.29 is 9.53 Å². The number of carbonyl (C=O) groups excluding carboxylic acids is 1. The van der Waals surface area contributed by atoms with E-state index in [9.17, 15) is 4.79 Å². The minimum atomic E-state index is -0.412. The van der Waals surface area contributed by atoms with Gasteiger partial charge in [-0.05, 0) is 37.9 Å². The van der Waals surface area contributed by atoms with Gasteiger partial charge >= 0.3 is 5.97 Å². The van der Waals surface area contributed by atoms with Crippen LogP contribution >= 0.6 is 0 Å². The normalized spacial score (nSPS) is 17.7. The molecule has 138 valence electrons. The van der Waals surface area contributed by atoms with Crippen LogP contribution in [0.15, 0.2) is 42.6 Å². The molecular weight excluding hydrogens is 328 g/mol. The molecule has 3 N–H and O–H groups in total. The zero-order valence-corrected chi connectivity index (χ0v) is 15.1. The Morgan fingerprint density at radius 3 is 2.92 bits per heavy atom. The van der Waals surface area contributed by atoms with Gasteiger partial charge in [-0.25, -0.2) is 9.78 Å². The van der Waals surface area contributed by atoms with Crippen molar-refractivity contribution in [3.8, 4) is 0 Å². The van der Waals surface area contributed by atoms with E-state index in [0.717, 1.165) is 32.5 Å². The third kappa shape index (κ3) is 4.52. The van der Waals surface area contributed by atoms with Gasteiger partial charge in [-0.3, -0.25) is 4.90 Å². The lowest BCUT2D eigenvalue weighted by Crippen LogP contribution is -2.41. The van der Waals surface area contributed by atoms with Crippen molar-refractivity contribution in [2.24, 2.45) is 0 Å². The van der Waals surface area contributed by atoms with Crippen LogP contribution in [0.4, 0.5) is 11.5 Å². The highest BCUT2D eigenvalue weighted by Crippen LogP contribution is 2.24. The lowest BCUT2D eigenvalue weighted by Gasteiger charge is -2.33. The number of nitrogens with zero attached hydrogens (tertiary/aromatic N) is 2. The van der Waals surface area contributed by atoms with Crippen LogP contribution in [0, 0.1) is 0 Å². The smallest absolute Gasteiger partial charge is 0.340 e. The highest BCUT2D eigenvalue weighted by atomic mass is 16.5. The second-order valence-corrected chi connectivity index (χ2v) is 6.55. The van der Waals surface area contributed by atoms with Gasteiger partial charge in [0, 0.05) is 25.3 Å². The number of hydrogen-bond donors (Lipinski definition) is 2. The number of benzene rings is 1. The largest absolute Gasteiger partial charge is 0.462 e. The predicted octanol–water partition coefficient (Wildman–Crippen LogP) is 2.92. The van der Waals surface area contributed by atoms with Gasteiger partial charge in [-0.2, -0.15) is 0 Å². The Balaban J connectivity index is 1.65. The van der Waals surface area contributed by atoms with Crippen molar-refractivity contribution in [3.05, 3.63) is 53.7 Å². The first kappa shape index (κ1) is 18.2. The van der Waals surface area contributed by atoms with Gasteiger partial charge in [0.25, 0.3) is 0 Å². The summed E-state index contributed by atoms with van der Waals surface area (Å²) in [7, 11) is 0. The number of likely N-dealkylation sites (tertiary alicyclic amines) is 1. The fourth-order valence-corrected chi connectivity index (χ4v) is 3.33. The van der Waals surface area contributed by atoms with Crippen LogP contribution in [0.3, 0.4) is 0 Å². The van der Waals surface area contributed by atoms with Gasteiger partial charge in [0.15, 0.2) is 0 Å². The van der Waals surface area contributed by atoms with Crippen molar-refractivity contribution in [1.29, 1.82) is 0 Å². The minimum absolute atomic E-state index is 0.250. The van der Waals surface area contributed by atoms with Crippen LogP contribution in [0.1, 0.15) is 35.7 Å². The fourth-order valence-electron chi connectivity index (χ4n) is 3.33. The number of rotatable bonds is 6. The topological polar surface area (TPSA) is 80.5 Å². The number of piperidine rings is 1. The molecule has 1 saturated heterocycles. The number of ether oxygens (including phenoxy) is 1. The number of anilines is 2. The average Bonchev–Trinajstić information content (AvgIpc) is 2.65. The highest BCUT2D eigenvalue weighted by molar-refractivity contribution is 5.97. The Morgan fingerprint density at radius 1 is 1.35 bits per heavy atom. The summed E-state index contributed by atoms with van der Waals surface area (Å²) >= 11 is 0. The SMILES string of the molecule is CCOC(=O)c1ccnc(NC2CCCN(Cc3ccccc3)C2)c1N. The molecule has 2 aromatic rings. The Kier molecular flexibility index (Phi) is 6.07. The van der Waals surface area contributed by atoms with Crippen molar-refractivity contribution in [3.63, 3.8) is 0 Å². The fraction of sp³-hybridized carbons (Fsp3) is 0.400. The van der Waals surface area contributed by atoms with E-state index in [-0.39, 0.29) is 6.04 Å². The Morgan fingerprint density at radius 2 is 2.15 bits per heavy atom. The van der Waals surface area contributed by atoms with E-state index < -0.39 is 5.97 Å². The lowest BCUT2D eigenvalue weighted by molar-refractivity contribution is 0.0527. The molecule has 2 heterocycles. The molecule has 1 atom stereocenters. The molecule has 0 radical (unpaired) electrons. The molecule has 1 aliphatic rings. The summed E-state index contributed by atoms with van der Waals surface area (Å²) in [6.07, 6.45) is 3.76. The summed E-state index contributed by atoms with van der Waals surface area (Å²) in [5.74, 6) is 0.145. The third-order valence-electron chi connectivity index (χ3n) is 4.58. The number of esters is 1. The summed E-state index contributed by atoms with van der Waals surface area (Å²) in [5.41, 5.74) is 8.18. The Hall–Kier alpha value is -2.60. The van der Waals surface area contributed by atoms with Crippen LogP contribution in [0.5, 0.6) is 0 Å². The number of aromatic nitrogens is 1. The summed E-state index contributed by atoms with van der Waals surface area (Å²) in [5, 5.41) is 3.42. The maximum Gasteiger partial charge on any atom is 0.340 e. The molecular formula is C20H26N4O2. The first-order valence-electron chi connectivity index (χ1n) is 9.11. The molecule has 0 aliphatic carbocycles. The third-order valence-corrected chi connectivity index (χ3v) is 4.58. The van der Waals surface area contributed by atoms with Crippen LogP contribution in [-0.2, 0) is 11.3 Å². The van der Waals surface area contributed by atoms with Crippen LogP contribution in [0.2, 0.25) is 0 Å². The lowest BCUT2D eigenvalue weighted by atomic mass is 10.0. The Labute approximate surface area is 154 Å².